The third-order valence-electron chi connectivity index (χ3n) is 0. The summed E-state index contributed by atoms with van der Waals surface area (Å²) in [5.74, 6) is 0. The average Bonchev–Trinajstić information content (AvgIpc) is 0.918. The van der Waals surface area contributed by atoms with E-state index in [1.54, 1.807) is 0 Å². The molecule has 0 aromatic rings. The second-order valence-electron chi connectivity index (χ2n) is 0.0583. The molecule has 0 saturated carbocycles. The second kappa shape index (κ2) is 18.0. The Morgan fingerprint density at radius 1 is 1.40 bits per heavy atom. The van der Waals surface area contributed by atoms with Crippen LogP contribution >= 0.6 is 0 Å². The maximum atomic E-state index is 9.12. The second-order valence-corrected chi connectivity index (χ2v) is 0.0583. The van der Waals surface area contributed by atoms with Crippen molar-refractivity contribution in [3.8, 4) is 0 Å². The van der Waals surface area contributed by atoms with E-state index in [0.717, 1.165) is 0 Å². The average molecular weight is 204 g/mol. The predicted molar refractivity (Wildman–Crippen MR) is 17.0 cm³/mol. The van der Waals surface area contributed by atoms with E-state index in [4.69, 9.17) is 9.05 Å². The molecule has 0 rings (SSSR count). The van der Waals surface area contributed by atoms with Crippen LogP contribution in [-0.4, -0.2) is 57.3 Å². The summed E-state index contributed by atoms with van der Waals surface area (Å²) < 4.78 is 18.2. The van der Waals surface area contributed by atoms with Gasteiger partial charge in [0.15, 0.2) is 0 Å². The molecule has 0 atom stereocenters. The van der Waals surface area contributed by atoms with Gasteiger partial charge in [0.25, 0.3) is 0 Å². The molecule has 0 aliphatic heterocycles. The van der Waals surface area contributed by atoms with Gasteiger partial charge in [-0.3, -0.25) is 0 Å². The first-order valence-electron chi connectivity index (χ1n) is 0.309. The van der Waals surface area contributed by atoms with Crippen molar-refractivity contribution in [2.45, 2.75) is 0 Å². The zero-order valence-corrected chi connectivity index (χ0v) is 6.89. The third-order valence-corrected chi connectivity index (χ3v) is 0. The van der Waals surface area contributed by atoms with Crippen LogP contribution in [0.4, 0.5) is 9.05 Å². The molecule has 0 aromatic heterocycles. The summed E-state index contributed by atoms with van der Waals surface area (Å²) in [7, 11) is 0. The molecule has 0 spiro atoms. The van der Waals surface area contributed by atoms with Crippen molar-refractivity contribution in [3.05, 3.63) is 0 Å². The molecule has 0 fully saturated rings. The minimum Gasteiger partial charge on any atom is -1.00 e. The Hall–Kier alpha value is 1.46. The van der Waals surface area contributed by atoms with Crippen molar-refractivity contribution in [1.82, 2.24) is 0 Å². The minimum atomic E-state index is 0. The fourth-order valence-electron chi connectivity index (χ4n) is 0. The summed E-state index contributed by atoms with van der Waals surface area (Å²) in [6, 6.07) is 0. The van der Waals surface area contributed by atoms with Crippen molar-refractivity contribution in [1.29, 1.82) is 0 Å². The van der Waals surface area contributed by atoms with Gasteiger partial charge in [-0.05, 0) is 9.05 Å². The molecular formula is H2BBaF2O. The SMILES string of the molecule is FOF.[B].[Ba+2].[H-].[H-]. The van der Waals surface area contributed by atoms with Gasteiger partial charge in [0.1, 0.15) is 0 Å². The molecule has 0 heterocycles. The molecule has 0 aliphatic carbocycles. The van der Waals surface area contributed by atoms with Gasteiger partial charge in [-0.1, -0.05) is 0 Å². The van der Waals surface area contributed by atoms with Crippen molar-refractivity contribution in [2.75, 3.05) is 0 Å². The molecule has 0 unspecified atom stereocenters. The molecule has 0 aliphatic rings. The Labute approximate surface area is 73.5 Å². The summed E-state index contributed by atoms with van der Waals surface area (Å²) in [4.78, 5) is 0. The molecule has 0 N–H and O–H groups in total. The summed E-state index contributed by atoms with van der Waals surface area (Å²) in [5.41, 5.74) is 0. The molecular weight excluding hydrogens is 202 g/mol. The first kappa shape index (κ1) is 16.1. The fraction of sp³-hybridized carbons (Fsp3) is 0. The van der Waals surface area contributed by atoms with Crippen LogP contribution in [0.1, 0.15) is 2.85 Å². The first-order valence-corrected chi connectivity index (χ1v) is 0.309. The van der Waals surface area contributed by atoms with Gasteiger partial charge in [-0.2, -0.15) is 0 Å². The van der Waals surface area contributed by atoms with Crippen molar-refractivity contribution in [3.63, 3.8) is 0 Å². The zero-order chi connectivity index (χ0) is 2.71. The van der Waals surface area contributed by atoms with Crippen LogP contribution < -0.4 is 0 Å². The zero-order valence-electron chi connectivity index (χ0n) is 4.45. The van der Waals surface area contributed by atoms with E-state index < -0.39 is 0 Å². The topological polar surface area (TPSA) is 9.23 Å². The maximum absolute atomic E-state index is 9.12. The van der Waals surface area contributed by atoms with Gasteiger partial charge in [0.2, 0.25) is 0 Å². The molecule has 0 amide bonds. The van der Waals surface area contributed by atoms with Crippen LogP contribution in [0.15, 0.2) is 0 Å². The maximum Gasteiger partial charge on any atom is 2.00 e. The van der Waals surface area contributed by atoms with Crippen LogP contribution in [0.5, 0.6) is 0 Å². The quantitative estimate of drug-likeness (QED) is 0.513. The molecule has 5 heteroatoms. The number of halogens is 2. The molecule has 0 aromatic carbocycles. The van der Waals surface area contributed by atoms with Gasteiger partial charge < -0.3 is 2.85 Å². The molecule has 0 saturated heterocycles. The summed E-state index contributed by atoms with van der Waals surface area (Å²) >= 11 is 0. The van der Waals surface area contributed by atoms with Crippen molar-refractivity contribution >= 4 is 57.3 Å². The monoisotopic (exact) mass is 205 g/mol. The Balaban J connectivity index is -0.00000000333. The fourth-order valence-corrected chi connectivity index (χ4v) is 0. The van der Waals surface area contributed by atoms with E-state index in [1.165, 1.54) is 5.15 Å². The van der Waals surface area contributed by atoms with Crippen LogP contribution in [0.25, 0.3) is 0 Å². The van der Waals surface area contributed by atoms with Crippen molar-refractivity contribution < 1.29 is 17.1 Å². The Morgan fingerprint density at radius 3 is 1.40 bits per heavy atom. The summed E-state index contributed by atoms with van der Waals surface area (Å²) in [6.07, 6.45) is 0. The van der Waals surface area contributed by atoms with Crippen molar-refractivity contribution in [2.24, 2.45) is 0 Å². The number of hydrogen-bond acceptors (Lipinski definition) is 1. The summed E-state index contributed by atoms with van der Waals surface area (Å²) in [6.45, 7) is 0. The van der Waals surface area contributed by atoms with E-state index in [9.17, 15) is 0 Å². The Kier molecular flexibility index (Phi) is 57.8. The molecule has 1 nitrogen and oxygen atoms in total. The van der Waals surface area contributed by atoms with Crippen LogP contribution in [0.3, 0.4) is 0 Å². The Bertz CT molecular complexity index is 15.7. The van der Waals surface area contributed by atoms with E-state index in [-0.39, 0.29) is 60.1 Å². The molecule has 3 radical (unpaired) electrons. The van der Waals surface area contributed by atoms with Crippen LogP contribution in [0.2, 0.25) is 0 Å². The van der Waals surface area contributed by atoms with E-state index >= 15 is 0 Å². The number of rotatable bonds is 0. The van der Waals surface area contributed by atoms with E-state index in [2.05, 4.69) is 0 Å². The summed E-state index contributed by atoms with van der Waals surface area (Å²) in [5, 5.41) is 1.25. The normalized spacial score (nSPS) is 3.60. The largest absolute Gasteiger partial charge is 2.00 e. The van der Waals surface area contributed by atoms with Gasteiger partial charge in [0, 0.05) is 13.6 Å². The number of hydrogen-bond donors (Lipinski definition) is 0. The predicted octanol–water partition coefficient (Wildman–Crippen LogP) is 0.235. The standard InChI is InChI=1S/B.Ba.F2O.2H/c;;1-3-2;;/q;+2;;2*-1. The third kappa shape index (κ3) is 30.7. The van der Waals surface area contributed by atoms with E-state index in [0.29, 0.717) is 0 Å². The van der Waals surface area contributed by atoms with Gasteiger partial charge in [0.05, 0.1) is 0 Å². The van der Waals surface area contributed by atoms with Crippen LogP contribution in [-0.2, 0) is 5.15 Å². The Morgan fingerprint density at radius 2 is 1.40 bits per heavy atom. The van der Waals surface area contributed by atoms with Crippen LogP contribution in [0, 0.1) is 0 Å². The first-order chi connectivity index (χ1) is 1.41. The minimum absolute atomic E-state index is 0. The van der Waals surface area contributed by atoms with Gasteiger partial charge >= 0.3 is 48.9 Å². The molecule has 5 heavy (non-hydrogen) atoms. The smallest absolute Gasteiger partial charge is 1.00 e. The van der Waals surface area contributed by atoms with Gasteiger partial charge in [-0.25, -0.2) is 0 Å². The molecule has 0 bridgehead atoms. The van der Waals surface area contributed by atoms with Gasteiger partial charge in [-0.15, -0.1) is 0 Å². The van der Waals surface area contributed by atoms with E-state index in [1.807, 2.05) is 0 Å². The molecule has 27 valence electrons.